The van der Waals surface area contributed by atoms with Gasteiger partial charge in [-0.05, 0) is 17.7 Å². The van der Waals surface area contributed by atoms with Crippen LogP contribution in [-0.4, -0.2) is 15.0 Å². The Morgan fingerprint density at radius 3 is 2.61 bits per heavy atom. The maximum atomic E-state index is 10.8. The van der Waals surface area contributed by atoms with E-state index in [0.29, 0.717) is 5.75 Å². The summed E-state index contributed by atoms with van der Waals surface area (Å²) in [6.45, 7) is -0.0598. The third-order valence-electron chi connectivity index (χ3n) is 2.29. The number of aromatic nitrogens is 1. The van der Waals surface area contributed by atoms with Crippen molar-refractivity contribution in [2.75, 3.05) is 0 Å². The van der Waals surface area contributed by atoms with Crippen LogP contribution >= 0.6 is 0 Å². The van der Waals surface area contributed by atoms with Crippen molar-refractivity contribution in [3.05, 3.63) is 58.4 Å². The summed E-state index contributed by atoms with van der Waals surface area (Å²) in [4.78, 5) is 13.9. The Kier molecular flexibility index (Phi) is 3.49. The summed E-state index contributed by atoms with van der Waals surface area (Å²) >= 11 is 0. The number of rotatable bonds is 4. The number of aliphatic hydroxyl groups excluding tert-OH is 1. The Balaban J connectivity index is 2.25. The first kappa shape index (κ1) is 12.0. The minimum absolute atomic E-state index is 0.0598. The quantitative estimate of drug-likeness (QED) is 0.660. The second-order valence-corrected chi connectivity index (χ2v) is 3.50. The molecule has 0 spiro atoms. The summed E-state index contributed by atoms with van der Waals surface area (Å²) in [5.74, 6) is 0.591. The van der Waals surface area contributed by atoms with Crippen molar-refractivity contribution in [1.29, 1.82) is 0 Å². The number of pyridine rings is 1. The average molecular weight is 246 g/mol. The molecule has 6 nitrogen and oxygen atoms in total. The molecule has 2 rings (SSSR count). The van der Waals surface area contributed by atoms with Crippen molar-refractivity contribution in [2.45, 2.75) is 6.61 Å². The van der Waals surface area contributed by atoms with Crippen LogP contribution in [0.15, 0.2) is 42.7 Å². The minimum atomic E-state index is -0.551. The van der Waals surface area contributed by atoms with Gasteiger partial charge in [-0.15, -0.1) is 0 Å². The van der Waals surface area contributed by atoms with E-state index in [9.17, 15) is 10.1 Å². The van der Waals surface area contributed by atoms with Gasteiger partial charge in [-0.1, -0.05) is 12.1 Å². The van der Waals surface area contributed by atoms with Crippen LogP contribution < -0.4 is 4.74 Å². The van der Waals surface area contributed by atoms with E-state index in [4.69, 9.17) is 9.84 Å². The fourth-order valence-electron chi connectivity index (χ4n) is 1.39. The van der Waals surface area contributed by atoms with Crippen LogP contribution in [0.4, 0.5) is 5.69 Å². The number of ether oxygens (including phenoxy) is 1. The molecule has 0 unspecified atom stereocenters. The molecule has 0 bridgehead atoms. The molecular formula is C12H10N2O4. The van der Waals surface area contributed by atoms with E-state index in [1.165, 1.54) is 12.3 Å². The molecule has 1 aromatic carbocycles. The molecule has 0 fully saturated rings. The number of hydrogen-bond donors (Lipinski definition) is 1. The smallest absolute Gasteiger partial charge is 0.329 e. The standard InChI is InChI=1S/C12H10N2O4/c15-8-9-1-3-10(4-2-9)18-12-5-6-13-7-11(12)14(16)17/h1-7,15H,8H2. The third-order valence-corrected chi connectivity index (χ3v) is 2.29. The van der Waals surface area contributed by atoms with E-state index in [-0.39, 0.29) is 18.0 Å². The van der Waals surface area contributed by atoms with Crippen LogP contribution in [0.1, 0.15) is 5.56 Å². The first-order valence-electron chi connectivity index (χ1n) is 5.17. The first-order chi connectivity index (χ1) is 8.70. The molecular weight excluding hydrogens is 236 g/mol. The summed E-state index contributed by atoms with van der Waals surface area (Å²) in [6, 6.07) is 8.06. The first-order valence-corrected chi connectivity index (χ1v) is 5.17. The predicted molar refractivity (Wildman–Crippen MR) is 63.3 cm³/mol. The van der Waals surface area contributed by atoms with E-state index in [2.05, 4.69) is 4.98 Å². The molecule has 2 aromatic rings. The summed E-state index contributed by atoms with van der Waals surface area (Å²) in [5.41, 5.74) is 0.551. The molecule has 1 aromatic heterocycles. The van der Waals surface area contributed by atoms with Crippen molar-refractivity contribution < 1.29 is 14.8 Å². The fraction of sp³-hybridized carbons (Fsp3) is 0.0833. The van der Waals surface area contributed by atoms with Crippen molar-refractivity contribution in [3.8, 4) is 11.5 Å². The molecule has 0 amide bonds. The molecule has 6 heteroatoms. The van der Waals surface area contributed by atoms with Gasteiger partial charge in [-0.3, -0.25) is 15.1 Å². The SMILES string of the molecule is O=[N+]([O-])c1cnccc1Oc1ccc(CO)cc1. The van der Waals surface area contributed by atoms with Crippen molar-refractivity contribution >= 4 is 5.69 Å². The lowest BCUT2D eigenvalue weighted by Gasteiger charge is -2.06. The van der Waals surface area contributed by atoms with E-state index in [0.717, 1.165) is 11.8 Å². The van der Waals surface area contributed by atoms with Crippen LogP contribution in [0.2, 0.25) is 0 Å². The summed E-state index contributed by atoms with van der Waals surface area (Å²) in [5, 5.41) is 19.7. The Labute approximate surface area is 103 Å². The van der Waals surface area contributed by atoms with Crippen LogP contribution in [0.25, 0.3) is 0 Å². The zero-order valence-corrected chi connectivity index (χ0v) is 9.31. The molecule has 0 atom stereocenters. The summed E-state index contributed by atoms with van der Waals surface area (Å²) < 4.78 is 5.41. The Morgan fingerprint density at radius 1 is 1.28 bits per heavy atom. The van der Waals surface area contributed by atoms with Crippen LogP contribution in [0.3, 0.4) is 0 Å². The Bertz CT molecular complexity index is 554. The molecule has 0 saturated heterocycles. The van der Waals surface area contributed by atoms with E-state index in [1.54, 1.807) is 24.3 Å². The molecule has 0 aliphatic carbocycles. The van der Waals surface area contributed by atoms with Gasteiger partial charge in [0.1, 0.15) is 11.9 Å². The van der Waals surface area contributed by atoms with Gasteiger partial charge in [0.2, 0.25) is 5.75 Å². The molecule has 0 radical (unpaired) electrons. The van der Waals surface area contributed by atoms with Crippen molar-refractivity contribution in [1.82, 2.24) is 4.98 Å². The molecule has 18 heavy (non-hydrogen) atoms. The number of benzene rings is 1. The zero-order valence-electron chi connectivity index (χ0n) is 9.31. The second-order valence-electron chi connectivity index (χ2n) is 3.50. The highest BCUT2D eigenvalue weighted by Crippen LogP contribution is 2.29. The van der Waals surface area contributed by atoms with Crippen molar-refractivity contribution in [3.63, 3.8) is 0 Å². The highest BCUT2D eigenvalue weighted by atomic mass is 16.6. The summed E-state index contributed by atoms with van der Waals surface area (Å²) in [6.07, 6.45) is 2.56. The lowest BCUT2D eigenvalue weighted by Crippen LogP contribution is -1.94. The normalized spacial score (nSPS) is 10.1. The topological polar surface area (TPSA) is 85.5 Å². The Morgan fingerprint density at radius 2 is 2.00 bits per heavy atom. The number of nitro groups is 1. The molecule has 0 aliphatic rings. The Hall–Kier alpha value is -2.47. The number of hydrogen-bond acceptors (Lipinski definition) is 5. The lowest BCUT2D eigenvalue weighted by molar-refractivity contribution is -0.386. The fourth-order valence-corrected chi connectivity index (χ4v) is 1.39. The van der Waals surface area contributed by atoms with Gasteiger partial charge in [0.05, 0.1) is 11.5 Å². The number of nitrogens with zero attached hydrogens (tertiary/aromatic N) is 2. The third kappa shape index (κ3) is 2.61. The lowest BCUT2D eigenvalue weighted by atomic mass is 10.2. The van der Waals surface area contributed by atoms with Crippen LogP contribution in [0, 0.1) is 10.1 Å². The molecule has 0 aliphatic heterocycles. The highest BCUT2D eigenvalue weighted by molar-refractivity contribution is 5.46. The molecule has 1 N–H and O–H groups in total. The number of aliphatic hydroxyl groups is 1. The molecule has 92 valence electrons. The van der Waals surface area contributed by atoms with Gasteiger partial charge in [-0.25, -0.2) is 0 Å². The van der Waals surface area contributed by atoms with Gasteiger partial charge in [-0.2, -0.15) is 0 Å². The molecule has 0 saturated carbocycles. The van der Waals surface area contributed by atoms with Crippen LogP contribution in [0.5, 0.6) is 11.5 Å². The van der Waals surface area contributed by atoms with Gasteiger partial charge < -0.3 is 9.84 Å². The van der Waals surface area contributed by atoms with E-state index >= 15 is 0 Å². The maximum absolute atomic E-state index is 10.8. The predicted octanol–water partition coefficient (Wildman–Crippen LogP) is 2.27. The van der Waals surface area contributed by atoms with Gasteiger partial charge in [0.15, 0.2) is 0 Å². The largest absolute Gasteiger partial charge is 0.450 e. The van der Waals surface area contributed by atoms with Gasteiger partial charge in [0.25, 0.3) is 0 Å². The van der Waals surface area contributed by atoms with Crippen molar-refractivity contribution in [2.24, 2.45) is 0 Å². The second kappa shape index (κ2) is 5.24. The summed E-state index contributed by atoms with van der Waals surface area (Å²) in [7, 11) is 0. The molecule has 1 heterocycles. The van der Waals surface area contributed by atoms with Gasteiger partial charge >= 0.3 is 5.69 Å². The van der Waals surface area contributed by atoms with E-state index < -0.39 is 4.92 Å². The van der Waals surface area contributed by atoms with E-state index in [1.807, 2.05) is 0 Å². The van der Waals surface area contributed by atoms with Crippen LogP contribution in [-0.2, 0) is 6.61 Å². The van der Waals surface area contributed by atoms with Gasteiger partial charge in [0, 0.05) is 12.3 Å². The zero-order chi connectivity index (χ0) is 13.0. The monoisotopic (exact) mass is 246 g/mol. The average Bonchev–Trinajstić information content (AvgIpc) is 2.40. The minimum Gasteiger partial charge on any atom is -0.450 e. The maximum Gasteiger partial charge on any atom is 0.329 e. The highest BCUT2D eigenvalue weighted by Gasteiger charge is 2.15.